The Morgan fingerprint density at radius 3 is 2.73 bits per heavy atom. The Morgan fingerprint density at radius 1 is 1.27 bits per heavy atom. The van der Waals surface area contributed by atoms with Crippen molar-refractivity contribution in [3.63, 3.8) is 0 Å². The van der Waals surface area contributed by atoms with E-state index in [1.807, 2.05) is 0 Å². The molecule has 0 aliphatic heterocycles. The number of Topliss-reactive ketones (excluding diaryl/α,β-unsaturated/α-hetero) is 1. The van der Waals surface area contributed by atoms with Gasteiger partial charge in [-0.1, -0.05) is 12.1 Å². The summed E-state index contributed by atoms with van der Waals surface area (Å²) >= 11 is 0. The molecule has 2 aromatic rings. The molecule has 0 bridgehead atoms. The van der Waals surface area contributed by atoms with E-state index >= 15 is 0 Å². The zero-order chi connectivity index (χ0) is 15.9. The molecule has 1 atom stereocenters. The first kappa shape index (κ1) is 15.8. The number of hydrogen-bond acceptors (Lipinski definition) is 4. The summed E-state index contributed by atoms with van der Waals surface area (Å²) in [4.78, 5) is 23.5. The number of benzene rings is 1. The standard InChI is InChI=1S/C16H16FNO4/c1-11(9-13(19)15-7-4-8-21-15)18-16(20)10-22-14-6-3-2-5-12(14)17/h2-8,11H,9-10H2,1H3,(H,18,20)/t11-/m0/s1. The molecule has 2 rings (SSSR count). The molecule has 0 aliphatic rings. The van der Waals surface area contributed by atoms with Crippen molar-refractivity contribution in [2.24, 2.45) is 0 Å². The number of para-hydroxylation sites is 1. The lowest BCUT2D eigenvalue weighted by Gasteiger charge is -2.13. The lowest BCUT2D eigenvalue weighted by molar-refractivity contribution is -0.123. The van der Waals surface area contributed by atoms with Crippen molar-refractivity contribution in [2.45, 2.75) is 19.4 Å². The fourth-order valence-corrected chi connectivity index (χ4v) is 1.89. The van der Waals surface area contributed by atoms with Crippen molar-refractivity contribution in [3.05, 3.63) is 54.2 Å². The Morgan fingerprint density at radius 2 is 2.05 bits per heavy atom. The zero-order valence-corrected chi connectivity index (χ0v) is 12.0. The Kier molecular flexibility index (Phi) is 5.30. The molecule has 116 valence electrons. The quantitative estimate of drug-likeness (QED) is 0.798. The number of rotatable bonds is 7. The summed E-state index contributed by atoms with van der Waals surface area (Å²) in [6, 6.07) is 8.64. The second-order valence-corrected chi connectivity index (χ2v) is 4.79. The van der Waals surface area contributed by atoms with E-state index < -0.39 is 11.7 Å². The highest BCUT2D eigenvalue weighted by atomic mass is 19.1. The third kappa shape index (κ3) is 4.44. The van der Waals surface area contributed by atoms with E-state index in [0.717, 1.165) is 0 Å². The largest absolute Gasteiger partial charge is 0.481 e. The van der Waals surface area contributed by atoms with Crippen molar-refractivity contribution in [3.8, 4) is 5.75 Å². The van der Waals surface area contributed by atoms with Gasteiger partial charge in [-0.25, -0.2) is 4.39 Å². The van der Waals surface area contributed by atoms with Gasteiger partial charge < -0.3 is 14.5 Å². The number of carbonyl (C=O) groups is 2. The highest BCUT2D eigenvalue weighted by molar-refractivity contribution is 5.94. The van der Waals surface area contributed by atoms with Gasteiger partial charge in [-0.15, -0.1) is 0 Å². The summed E-state index contributed by atoms with van der Waals surface area (Å²) in [6.07, 6.45) is 1.53. The normalized spacial score (nSPS) is 11.7. The number of hydrogen-bond donors (Lipinski definition) is 1. The average molecular weight is 305 g/mol. The van der Waals surface area contributed by atoms with Gasteiger partial charge in [0.1, 0.15) is 0 Å². The topological polar surface area (TPSA) is 68.5 Å². The second kappa shape index (κ2) is 7.40. The van der Waals surface area contributed by atoms with Gasteiger partial charge in [-0.2, -0.15) is 0 Å². The number of carbonyl (C=O) groups excluding carboxylic acids is 2. The average Bonchev–Trinajstić information content (AvgIpc) is 3.00. The minimum absolute atomic E-state index is 0.0111. The molecule has 1 aromatic carbocycles. The molecule has 6 heteroatoms. The molecule has 5 nitrogen and oxygen atoms in total. The van der Waals surface area contributed by atoms with Gasteiger partial charge in [0.05, 0.1) is 6.26 Å². The monoisotopic (exact) mass is 305 g/mol. The van der Waals surface area contributed by atoms with E-state index in [0.29, 0.717) is 0 Å². The molecule has 1 amide bonds. The molecule has 0 radical (unpaired) electrons. The molecule has 22 heavy (non-hydrogen) atoms. The van der Waals surface area contributed by atoms with E-state index in [1.54, 1.807) is 25.1 Å². The lowest BCUT2D eigenvalue weighted by Crippen LogP contribution is -2.37. The molecule has 0 fully saturated rings. The van der Waals surface area contributed by atoms with Gasteiger partial charge in [0.15, 0.2) is 29.7 Å². The summed E-state index contributed by atoms with van der Waals surface area (Å²) in [5, 5.41) is 2.61. The lowest BCUT2D eigenvalue weighted by atomic mass is 10.1. The maximum absolute atomic E-state index is 13.3. The number of halogens is 1. The molecule has 1 heterocycles. The first-order valence-corrected chi connectivity index (χ1v) is 6.79. The predicted molar refractivity (Wildman–Crippen MR) is 77.2 cm³/mol. The Labute approximate surface area is 127 Å². The van der Waals surface area contributed by atoms with Crippen LogP contribution in [0.3, 0.4) is 0 Å². The van der Waals surface area contributed by atoms with Crippen LogP contribution >= 0.6 is 0 Å². The van der Waals surface area contributed by atoms with E-state index in [2.05, 4.69) is 5.32 Å². The van der Waals surface area contributed by atoms with Gasteiger partial charge >= 0.3 is 0 Å². The van der Waals surface area contributed by atoms with Crippen molar-refractivity contribution in [2.75, 3.05) is 6.61 Å². The van der Waals surface area contributed by atoms with Crippen LogP contribution < -0.4 is 10.1 Å². The van der Waals surface area contributed by atoms with E-state index in [1.165, 1.54) is 24.5 Å². The van der Waals surface area contributed by atoms with Gasteiger partial charge in [0, 0.05) is 12.5 Å². The van der Waals surface area contributed by atoms with Crippen molar-refractivity contribution in [1.29, 1.82) is 0 Å². The predicted octanol–water partition coefficient (Wildman–Crippen LogP) is 2.58. The van der Waals surface area contributed by atoms with Crippen LogP contribution in [0.5, 0.6) is 5.75 Å². The highest BCUT2D eigenvalue weighted by Gasteiger charge is 2.16. The van der Waals surface area contributed by atoms with Crippen LogP contribution in [0.4, 0.5) is 4.39 Å². The summed E-state index contributed by atoms with van der Waals surface area (Å²) < 4.78 is 23.4. The number of nitrogens with one attached hydrogen (secondary N) is 1. The maximum Gasteiger partial charge on any atom is 0.258 e. The van der Waals surface area contributed by atoms with Gasteiger partial charge in [-0.05, 0) is 31.2 Å². The fourth-order valence-electron chi connectivity index (χ4n) is 1.89. The molecule has 0 spiro atoms. The van der Waals surface area contributed by atoms with Gasteiger partial charge in [0.25, 0.3) is 5.91 Å². The van der Waals surface area contributed by atoms with Crippen LogP contribution in [0.1, 0.15) is 23.9 Å². The van der Waals surface area contributed by atoms with Crippen LogP contribution in [-0.2, 0) is 4.79 Å². The first-order chi connectivity index (χ1) is 10.6. The minimum Gasteiger partial charge on any atom is -0.481 e. The van der Waals surface area contributed by atoms with Crippen LogP contribution in [0.15, 0.2) is 47.1 Å². The first-order valence-electron chi connectivity index (χ1n) is 6.79. The molecular formula is C16H16FNO4. The number of ketones is 1. The minimum atomic E-state index is -0.531. The van der Waals surface area contributed by atoms with Gasteiger partial charge in [0.2, 0.25) is 0 Å². The van der Waals surface area contributed by atoms with Gasteiger partial charge in [-0.3, -0.25) is 9.59 Å². The number of furan rings is 1. The summed E-state index contributed by atoms with van der Waals surface area (Å²) in [5.74, 6) is -0.896. The Balaban J connectivity index is 1.77. The molecular weight excluding hydrogens is 289 g/mol. The third-order valence-electron chi connectivity index (χ3n) is 2.89. The maximum atomic E-state index is 13.3. The number of ether oxygens (including phenoxy) is 1. The SMILES string of the molecule is C[C@@H](CC(=O)c1ccco1)NC(=O)COc1ccccc1F. The van der Waals surface area contributed by atoms with E-state index in [4.69, 9.17) is 9.15 Å². The van der Waals surface area contributed by atoms with Crippen LogP contribution in [0, 0.1) is 5.82 Å². The molecule has 0 aliphatic carbocycles. The fraction of sp³-hybridized carbons (Fsp3) is 0.250. The Hall–Kier alpha value is -2.63. The third-order valence-corrected chi connectivity index (χ3v) is 2.89. The summed E-state index contributed by atoms with van der Waals surface area (Å²) in [6.45, 7) is 1.38. The van der Waals surface area contributed by atoms with Crippen molar-refractivity contribution < 1.29 is 23.1 Å². The molecule has 0 saturated carbocycles. The summed E-state index contributed by atoms with van der Waals surface area (Å²) in [7, 11) is 0. The highest BCUT2D eigenvalue weighted by Crippen LogP contribution is 2.15. The van der Waals surface area contributed by atoms with E-state index in [-0.39, 0.29) is 36.4 Å². The molecule has 0 saturated heterocycles. The smallest absolute Gasteiger partial charge is 0.258 e. The Bertz CT molecular complexity index is 639. The zero-order valence-electron chi connectivity index (χ0n) is 12.0. The summed E-state index contributed by atoms with van der Waals surface area (Å²) in [5.41, 5.74) is 0. The van der Waals surface area contributed by atoms with E-state index in [9.17, 15) is 14.0 Å². The van der Waals surface area contributed by atoms with Crippen LogP contribution in [0.25, 0.3) is 0 Å². The number of amides is 1. The van der Waals surface area contributed by atoms with Crippen molar-refractivity contribution >= 4 is 11.7 Å². The van der Waals surface area contributed by atoms with Crippen LogP contribution in [-0.4, -0.2) is 24.3 Å². The van der Waals surface area contributed by atoms with Crippen molar-refractivity contribution in [1.82, 2.24) is 5.32 Å². The second-order valence-electron chi connectivity index (χ2n) is 4.79. The molecule has 1 aromatic heterocycles. The van der Waals surface area contributed by atoms with Crippen LogP contribution in [0.2, 0.25) is 0 Å². The molecule has 0 unspecified atom stereocenters. The molecule has 1 N–H and O–H groups in total.